The van der Waals surface area contributed by atoms with Gasteiger partial charge in [0.2, 0.25) is 11.8 Å². The number of hydrogen-bond acceptors (Lipinski definition) is 3. The number of amides is 3. The molecule has 0 aromatic heterocycles. The lowest BCUT2D eigenvalue weighted by atomic mass is 10.0. The Hall–Kier alpha value is -4.16. The normalized spacial score (nSPS) is 13.4. The predicted molar refractivity (Wildman–Crippen MR) is 159 cm³/mol. The zero-order valence-electron chi connectivity index (χ0n) is 22.9. The highest BCUT2D eigenvalue weighted by Crippen LogP contribution is 2.37. The molecule has 4 aromatic rings. The fourth-order valence-corrected chi connectivity index (χ4v) is 5.41. The van der Waals surface area contributed by atoms with Crippen LogP contribution in [0.1, 0.15) is 42.3 Å². The number of rotatable bonds is 8. The number of nitrogens with one attached hydrogen (secondary N) is 1. The van der Waals surface area contributed by atoms with Gasteiger partial charge in [-0.25, -0.2) is 0 Å². The van der Waals surface area contributed by atoms with E-state index in [2.05, 4.69) is 5.32 Å². The second-order valence-electron chi connectivity index (χ2n) is 11.2. The molecule has 6 nitrogen and oxygen atoms in total. The Bertz CT molecular complexity index is 1570. The Kier molecular flexibility index (Phi) is 7.63. The molecule has 4 aromatic carbocycles. The molecule has 1 heterocycles. The lowest BCUT2D eigenvalue weighted by Gasteiger charge is -2.34. The summed E-state index contributed by atoms with van der Waals surface area (Å²) in [6, 6.07) is 27.4. The smallest absolute Gasteiger partial charge is 0.259 e. The second kappa shape index (κ2) is 11.1. The van der Waals surface area contributed by atoms with Crippen LogP contribution in [0.4, 0.5) is 5.69 Å². The van der Waals surface area contributed by atoms with E-state index < -0.39 is 11.6 Å². The molecule has 1 aliphatic heterocycles. The predicted octanol–water partition coefficient (Wildman–Crippen LogP) is 6.01. The first kappa shape index (κ1) is 27.4. The summed E-state index contributed by atoms with van der Waals surface area (Å²) in [5.74, 6) is -0.811. The van der Waals surface area contributed by atoms with Crippen LogP contribution in [0.15, 0.2) is 91.0 Å². The maximum Gasteiger partial charge on any atom is 0.259 e. The molecule has 1 unspecified atom stereocenters. The molecule has 0 bridgehead atoms. The summed E-state index contributed by atoms with van der Waals surface area (Å²) in [5.41, 5.74) is 2.50. The van der Waals surface area contributed by atoms with Crippen molar-refractivity contribution >= 4 is 45.8 Å². The second-order valence-corrected chi connectivity index (χ2v) is 11.6. The molecule has 40 heavy (non-hydrogen) atoms. The third kappa shape index (κ3) is 5.87. The summed E-state index contributed by atoms with van der Waals surface area (Å²) in [6.45, 7) is 5.70. The van der Waals surface area contributed by atoms with Crippen LogP contribution >= 0.6 is 11.6 Å². The Labute approximate surface area is 239 Å². The van der Waals surface area contributed by atoms with Crippen molar-refractivity contribution in [2.45, 2.75) is 45.3 Å². The van der Waals surface area contributed by atoms with Crippen molar-refractivity contribution in [3.8, 4) is 0 Å². The van der Waals surface area contributed by atoms with Crippen molar-refractivity contribution in [3.05, 3.63) is 113 Å². The summed E-state index contributed by atoms with van der Waals surface area (Å²) < 4.78 is 0. The highest BCUT2D eigenvalue weighted by Gasteiger charge is 2.36. The Morgan fingerprint density at radius 2 is 1.57 bits per heavy atom. The van der Waals surface area contributed by atoms with Crippen molar-refractivity contribution in [1.29, 1.82) is 0 Å². The van der Waals surface area contributed by atoms with Crippen LogP contribution in [-0.4, -0.2) is 40.7 Å². The first-order chi connectivity index (χ1) is 19.1. The van der Waals surface area contributed by atoms with Gasteiger partial charge in [-0.05, 0) is 61.5 Å². The molecule has 3 amide bonds. The van der Waals surface area contributed by atoms with E-state index in [0.29, 0.717) is 22.7 Å². The average Bonchev–Trinajstić information content (AvgIpc) is 3.18. The monoisotopic (exact) mass is 553 g/mol. The molecule has 0 aliphatic carbocycles. The van der Waals surface area contributed by atoms with E-state index in [1.807, 2.05) is 93.6 Å². The van der Waals surface area contributed by atoms with Gasteiger partial charge in [0.15, 0.2) is 0 Å². The SMILES string of the molecule is CC(C)(C)NC(=O)C(Cc1ccccc1)N(Cc1cccc(Cl)c1)C(=O)CN1C(=O)c2cccc3cccc1c23. The largest absolute Gasteiger partial charge is 0.350 e. The molecule has 0 radical (unpaired) electrons. The molecular weight excluding hydrogens is 522 g/mol. The van der Waals surface area contributed by atoms with E-state index in [0.717, 1.165) is 21.9 Å². The Morgan fingerprint density at radius 3 is 2.27 bits per heavy atom. The van der Waals surface area contributed by atoms with Crippen LogP contribution in [0.2, 0.25) is 5.02 Å². The van der Waals surface area contributed by atoms with E-state index >= 15 is 0 Å². The lowest BCUT2D eigenvalue weighted by Crippen LogP contribution is -2.56. The molecule has 1 atom stereocenters. The highest BCUT2D eigenvalue weighted by atomic mass is 35.5. The van der Waals surface area contributed by atoms with Crippen LogP contribution in [0.3, 0.4) is 0 Å². The maximum absolute atomic E-state index is 14.2. The van der Waals surface area contributed by atoms with Crippen LogP contribution in [-0.2, 0) is 22.6 Å². The molecule has 1 N–H and O–H groups in total. The van der Waals surface area contributed by atoms with E-state index in [9.17, 15) is 14.4 Å². The van der Waals surface area contributed by atoms with Gasteiger partial charge in [0.1, 0.15) is 12.6 Å². The van der Waals surface area contributed by atoms with E-state index in [1.165, 1.54) is 4.90 Å². The maximum atomic E-state index is 14.2. The van der Waals surface area contributed by atoms with Gasteiger partial charge in [0, 0.05) is 34.5 Å². The molecule has 7 heteroatoms. The zero-order valence-corrected chi connectivity index (χ0v) is 23.6. The number of carbonyl (C=O) groups excluding carboxylic acids is 3. The fourth-order valence-electron chi connectivity index (χ4n) is 5.20. The summed E-state index contributed by atoms with van der Waals surface area (Å²) in [7, 11) is 0. The van der Waals surface area contributed by atoms with Crippen LogP contribution in [0.25, 0.3) is 10.8 Å². The lowest BCUT2D eigenvalue weighted by molar-refractivity contribution is -0.140. The first-order valence-corrected chi connectivity index (χ1v) is 13.7. The van der Waals surface area contributed by atoms with Crippen LogP contribution in [0, 0.1) is 0 Å². The van der Waals surface area contributed by atoms with Gasteiger partial charge in [-0.2, -0.15) is 0 Å². The van der Waals surface area contributed by atoms with Crippen molar-refractivity contribution in [2.24, 2.45) is 0 Å². The van der Waals surface area contributed by atoms with Gasteiger partial charge < -0.3 is 10.2 Å². The van der Waals surface area contributed by atoms with Gasteiger partial charge in [0.05, 0.1) is 5.69 Å². The van der Waals surface area contributed by atoms with E-state index in [-0.39, 0.29) is 30.8 Å². The van der Waals surface area contributed by atoms with Crippen LogP contribution in [0.5, 0.6) is 0 Å². The summed E-state index contributed by atoms with van der Waals surface area (Å²) in [5, 5.41) is 5.40. The van der Waals surface area contributed by atoms with E-state index in [4.69, 9.17) is 11.6 Å². The summed E-state index contributed by atoms with van der Waals surface area (Å²) >= 11 is 6.28. The molecule has 0 spiro atoms. The van der Waals surface area contributed by atoms with Gasteiger partial charge in [-0.15, -0.1) is 0 Å². The molecule has 0 fully saturated rings. The van der Waals surface area contributed by atoms with Crippen molar-refractivity contribution in [2.75, 3.05) is 11.4 Å². The fraction of sp³-hybridized carbons (Fsp3) is 0.242. The van der Waals surface area contributed by atoms with Crippen molar-refractivity contribution in [3.63, 3.8) is 0 Å². The molecular formula is C33H32ClN3O3. The molecule has 204 valence electrons. The number of halogens is 1. The first-order valence-electron chi connectivity index (χ1n) is 13.3. The number of anilines is 1. The molecule has 0 saturated carbocycles. The van der Waals surface area contributed by atoms with Crippen molar-refractivity contribution < 1.29 is 14.4 Å². The third-order valence-electron chi connectivity index (χ3n) is 6.95. The van der Waals surface area contributed by atoms with Crippen LogP contribution < -0.4 is 10.2 Å². The Balaban J connectivity index is 1.53. The third-order valence-corrected chi connectivity index (χ3v) is 7.19. The number of nitrogens with zero attached hydrogens (tertiary/aromatic N) is 2. The van der Waals surface area contributed by atoms with Gasteiger partial charge >= 0.3 is 0 Å². The minimum atomic E-state index is -0.816. The summed E-state index contributed by atoms with van der Waals surface area (Å²) in [6.07, 6.45) is 0.318. The topological polar surface area (TPSA) is 69.7 Å². The molecule has 5 rings (SSSR count). The number of hydrogen-bond donors (Lipinski definition) is 1. The highest BCUT2D eigenvalue weighted by molar-refractivity contribution is 6.30. The standard InChI is InChI=1S/C33H32ClN3O3/c1-33(2,3)35-31(39)28(19-22-10-5-4-6-11-22)36(20-23-12-7-15-25(34)18-23)29(38)21-37-27-17-9-14-24-13-8-16-26(30(24)27)32(37)40/h4-18,28H,19-21H2,1-3H3,(H,35,39). The van der Waals surface area contributed by atoms with E-state index in [1.54, 1.807) is 23.1 Å². The molecule has 0 saturated heterocycles. The van der Waals surface area contributed by atoms with Gasteiger partial charge in [-0.3, -0.25) is 19.3 Å². The number of benzene rings is 4. The molecule has 1 aliphatic rings. The quantitative estimate of drug-likeness (QED) is 0.290. The van der Waals surface area contributed by atoms with Gasteiger partial charge in [-0.1, -0.05) is 78.3 Å². The summed E-state index contributed by atoms with van der Waals surface area (Å²) in [4.78, 5) is 44.6. The van der Waals surface area contributed by atoms with Gasteiger partial charge in [0.25, 0.3) is 5.91 Å². The minimum absolute atomic E-state index is 0.160. The number of carbonyl (C=O) groups is 3. The average molecular weight is 554 g/mol. The van der Waals surface area contributed by atoms with Crippen molar-refractivity contribution in [1.82, 2.24) is 10.2 Å². The minimum Gasteiger partial charge on any atom is -0.350 e. The Morgan fingerprint density at radius 1 is 0.900 bits per heavy atom. The zero-order chi connectivity index (χ0) is 28.4.